The fraction of sp³-hybridized carbons (Fsp3) is 0.533. The molecule has 1 heterocycles. The van der Waals surface area contributed by atoms with Gasteiger partial charge in [0.25, 0.3) is 5.91 Å². The van der Waals surface area contributed by atoms with Gasteiger partial charge in [0.05, 0.1) is 0 Å². The van der Waals surface area contributed by atoms with E-state index in [-0.39, 0.29) is 5.91 Å². The van der Waals surface area contributed by atoms with Crippen LogP contribution in [0.3, 0.4) is 0 Å². The smallest absolute Gasteiger partial charge is 0.254 e. The second-order valence-corrected chi connectivity index (χ2v) is 5.91. The number of benzene rings is 1. The molecule has 0 radical (unpaired) electrons. The molecule has 104 valence electrons. The van der Waals surface area contributed by atoms with Crippen molar-refractivity contribution in [3.05, 3.63) is 33.8 Å². The molecule has 1 atom stereocenters. The molecular weight excluding hydrogens is 304 g/mol. The quantitative estimate of drug-likeness (QED) is 0.927. The standard InChI is InChI=1S/C15H21BrN2O/c1-3-18(13-5-4-8-17-10-13)15(19)12-6-7-14(16)11(2)9-12/h6-7,9,13,17H,3-5,8,10H2,1-2H3. The largest absolute Gasteiger partial charge is 0.335 e. The molecule has 4 heteroatoms. The number of hydrogen-bond acceptors (Lipinski definition) is 2. The lowest BCUT2D eigenvalue weighted by Crippen LogP contribution is -2.48. The van der Waals surface area contributed by atoms with Gasteiger partial charge >= 0.3 is 0 Å². The Hall–Kier alpha value is -0.870. The molecule has 19 heavy (non-hydrogen) atoms. The van der Waals surface area contributed by atoms with E-state index in [4.69, 9.17) is 0 Å². The van der Waals surface area contributed by atoms with Crippen LogP contribution >= 0.6 is 15.9 Å². The molecule has 1 amide bonds. The van der Waals surface area contributed by atoms with E-state index < -0.39 is 0 Å². The van der Waals surface area contributed by atoms with Gasteiger partial charge in [0.2, 0.25) is 0 Å². The van der Waals surface area contributed by atoms with Gasteiger partial charge in [0.15, 0.2) is 0 Å². The minimum Gasteiger partial charge on any atom is -0.335 e. The van der Waals surface area contributed by atoms with Crippen LogP contribution in [0.1, 0.15) is 35.7 Å². The van der Waals surface area contributed by atoms with Crippen molar-refractivity contribution in [2.75, 3.05) is 19.6 Å². The molecule has 0 bridgehead atoms. The van der Waals surface area contributed by atoms with Gasteiger partial charge in [-0.1, -0.05) is 15.9 Å². The Kier molecular flexibility index (Phi) is 4.99. The Labute approximate surface area is 123 Å². The maximum absolute atomic E-state index is 12.6. The molecule has 0 aromatic heterocycles. The fourth-order valence-electron chi connectivity index (χ4n) is 2.61. The van der Waals surface area contributed by atoms with Crippen LogP contribution in [0.25, 0.3) is 0 Å². The number of likely N-dealkylation sites (N-methyl/N-ethyl adjacent to an activating group) is 1. The van der Waals surface area contributed by atoms with Crippen molar-refractivity contribution in [3.8, 4) is 0 Å². The average Bonchev–Trinajstić information content (AvgIpc) is 2.44. The Morgan fingerprint density at radius 2 is 2.32 bits per heavy atom. The molecule has 2 rings (SSSR count). The van der Waals surface area contributed by atoms with E-state index in [2.05, 4.69) is 28.2 Å². The van der Waals surface area contributed by atoms with Crippen LogP contribution < -0.4 is 5.32 Å². The third-order valence-electron chi connectivity index (χ3n) is 3.72. The van der Waals surface area contributed by atoms with Crippen LogP contribution in [-0.2, 0) is 0 Å². The predicted octanol–water partition coefficient (Wildman–Crippen LogP) is 2.97. The van der Waals surface area contributed by atoms with Crippen molar-refractivity contribution in [1.29, 1.82) is 0 Å². The zero-order chi connectivity index (χ0) is 13.8. The summed E-state index contributed by atoms with van der Waals surface area (Å²) in [5, 5.41) is 3.38. The highest BCUT2D eigenvalue weighted by Gasteiger charge is 2.24. The lowest BCUT2D eigenvalue weighted by molar-refractivity contribution is 0.0662. The molecule has 1 aliphatic heterocycles. The van der Waals surface area contributed by atoms with E-state index in [1.807, 2.05) is 30.0 Å². The highest BCUT2D eigenvalue weighted by atomic mass is 79.9. The number of carbonyl (C=O) groups is 1. The topological polar surface area (TPSA) is 32.3 Å². The number of nitrogens with one attached hydrogen (secondary N) is 1. The summed E-state index contributed by atoms with van der Waals surface area (Å²) in [5.41, 5.74) is 1.89. The van der Waals surface area contributed by atoms with Gasteiger partial charge < -0.3 is 10.2 Å². The van der Waals surface area contributed by atoms with Crippen LogP contribution in [0.5, 0.6) is 0 Å². The molecule has 1 saturated heterocycles. The number of rotatable bonds is 3. The highest BCUT2D eigenvalue weighted by Crippen LogP contribution is 2.20. The zero-order valence-electron chi connectivity index (χ0n) is 11.6. The molecule has 1 unspecified atom stereocenters. The lowest BCUT2D eigenvalue weighted by Gasteiger charge is -2.34. The van der Waals surface area contributed by atoms with Crippen LogP contribution in [0.4, 0.5) is 0 Å². The minimum absolute atomic E-state index is 0.145. The number of hydrogen-bond donors (Lipinski definition) is 1. The van der Waals surface area contributed by atoms with Crippen LogP contribution in [-0.4, -0.2) is 36.5 Å². The third-order valence-corrected chi connectivity index (χ3v) is 4.61. The van der Waals surface area contributed by atoms with E-state index in [1.165, 1.54) is 0 Å². The molecule has 1 aromatic carbocycles. The Bertz CT molecular complexity index is 455. The Balaban J connectivity index is 2.17. The van der Waals surface area contributed by atoms with Crippen LogP contribution in [0.2, 0.25) is 0 Å². The summed E-state index contributed by atoms with van der Waals surface area (Å²) >= 11 is 3.47. The summed E-state index contributed by atoms with van der Waals surface area (Å²) in [6, 6.07) is 6.15. The molecule has 0 aliphatic carbocycles. The van der Waals surface area contributed by atoms with Crippen molar-refractivity contribution in [3.63, 3.8) is 0 Å². The third kappa shape index (κ3) is 3.37. The SMILES string of the molecule is CCN(C(=O)c1ccc(Br)c(C)c1)C1CCCNC1. The average molecular weight is 325 g/mol. The molecule has 1 N–H and O–H groups in total. The Morgan fingerprint density at radius 1 is 1.53 bits per heavy atom. The van der Waals surface area contributed by atoms with Gasteiger partial charge in [0.1, 0.15) is 0 Å². The summed E-state index contributed by atoms with van der Waals surface area (Å²) in [4.78, 5) is 14.6. The number of amides is 1. The Morgan fingerprint density at radius 3 is 2.89 bits per heavy atom. The number of piperidine rings is 1. The highest BCUT2D eigenvalue weighted by molar-refractivity contribution is 9.10. The summed E-state index contributed by atoms with van der Waals surface area (Å²) < 4.78 is 1.05. The molecule has 1 aliphatic rings. The van der Waals surface area contributed by atoms with Gasteiger partial charge in [0, 0.05) is 29.2 Å². The first-order valence-corrected chi connectivity index (χ1v) is 7.70. The molecule has 1 aromatic rings. The van der Waals surface area contributed by atoms with E-state index in [0.29, 0.717) is 6.04 Å². The second-order valence-electron chi connectivity index (χ2n) is 5.06. The van der Waals surface area contributed by atoms with E-state index in [1.54, 1.807) is 0 Å². The summed E-state index contributed by atoms with van der Waals surface area (Å²) in [6.07, 6.45) is 2.25. The summed E-state index contributed by atoms with van der Waals surface area (Å²) in [5.74, 6) is 0.145. The predicted molar refractivity (Wildman–Crippen MR) is 81.5 cm³/mol. The molecule has 0 spiro atoms. The first kappa shape index (κ1) is 14.5. The summed E-state index contributed by atoms with van der Waals surface area (Å²) in [6.45, 7) is 6.81. The first-order chi connectivity index (χ1) is 9.13. The van der Waals surface area contributed by atoms with Gasteiger partial charge in [-0.3, -0.25) is 4.79 Å². The number of nitrogens with zero attached hydrogens (tertiary/aromatic N) is 1. The maximum Gasteiger partial charge on any atom is 0.254 e. The van der Waals surface area contributed by atoms with Crippen molar-refractivity contribution >= 4 is 21.8 Å². The number of aryl methyl sites for hydroxylation is 1. The molecule has 1 fully saturated rings. The van der Waals surface area contributed by atoms with Crippen molar-refractivity contribution < 1.29 is 4.79 Å². The van der Waals surface area contributed by atoms with Crippen molar-refractivity contribution in [2.45, 2.75) is 32.7 Å². The first-order valence-electron chi connectivity index (χ1n) is 6.91. The second kappa shape index (κ2) is 6.53. The maximum atomic E-state index is 12.6. The van der Waals surface area contributed by atoms with Gasteiger partial charge in [-0.2, -0.15) is 0 Å². The van der Waals surface area contributed by atoms with Crippen molar-refractivity contribution in [2.24, 2.45) is 0 Å². The molecule has 3 nitrogen and oxygen atoms in total. The molecular formula is C15H21BrN2O. The molecule has 0 saturated carbocycles. The van der Waals surface area contributed by atoms with Crippen molar-refractivity contribution in [1.82, 2.24) is 10.2 Å². The normalized spacial score (nSPS) is 19.2. The summed E-state index contributed by atoms with van der Waals surface area (Å²) in [7, 11) is 0. The van der Waals surface area contributed by atoms with E-state index in [9.17, 15) is 4.79 Å². The van der Waals surface area contributed by atoms with E-state index in [0.717, 1.165) is 48.1 Å². The van der Waals surface area contributed by atoms with Crippen LogP contribution in [0, 0.1) is 6.92 Å². The fourth-order valence-corrected chi connectivity index (χ4v) is 2.86. The van der Waals surface area contributed by atoms with Crippen LogP contribution in [0.15, 0.2) is 22.7 Å². The van der Waals surface area contributed by atoms with Gasteiger partial charge in [-0.15, -0.1) is 0 Å². The lowest BCUT2D eigenvalue weighted by atomic mass is 10.0. The minimum atomic E-state index is 0.145. The zero-order valence-corrected chi connectivity index (χ0v) is 13.2. The number of halogens is 1. The van der Waals surface area contributed by atoms with E-state index >= 15 is 0 Å². The van der Waals surface area contributed by atoms with Gasteiger partial charge in [-0.05, 0) is 57.0 Å². The monoisotopic (exact) mass is 324 g/mol. The number of carbonyl (C=O) groups excluding carboxylic acids is 1. The van der Waals surface area contributed by atoms with Gasteiger partial charge in [-0.25, -0.2) is 0 Å².